The first-order valence-corrected chi connectivity index (χ1v) is 5.65. The molecule has 0 unspecified atom stereocenters. The van der Waals surface area contributed by atoms with Crippen molar-refractivity contribution in [2.24, 2.45) is 0 Å². The lowest BCUT2D eigenvalue weighted by Gasteiger charge is -2.06. The topological polar surface area (TPSA) is 48.6 Å². The molecule has 1 aliphatic carbocycles. The number of benzene rings is 1. The Morgan fingerprint density at radius 1 is 1.19 bits per heavy atom. The summed E-state index contributed by atoms with van der Waals surface area (Å²) in [5.74, 6) is 0. The predicted octanol–water partition coefficient (Wildman–Crippen LogP) is 2.17. The van der Waals surface area contributed by atoms with E-state index in [0.29, 0.717) is 0 Å². The zero-order chi connectivity index (χ0) is 11.1. The van der Waals surface area contributed by atoms with Crippen LogP contribution >= 0.6 is 0 Å². The average Bonchev–Trinajstić information content (AvgIpc) is 2.54. The second kappa shape index (κ2) is 3.37. The second-order valence-electron chi connectivity index (χ2n) is 4.45. The lowest BCUT2D eigenvalue weighted by Crippen LogP contribution is -2.05. The van der Waals surface area contributed by atoms with Gasteiger partial charge >= 0.3 is 0 Å². The fourth-order valence-corrected chi connectivity index (χ4v) is 2.48. The molecule has 3 heteroatoms. The van der Waals surface area contributed by atoms with Crippen LogP contribution in [0.3, 0.4) is 0 Å². The summed E-state index contributed by atoms with van der Waals surface area (Å²) in [5.41, 5.74) is 5.72. The van der Waals surface area contributed by atoms with E-state index in [0.717, 1.165) is 30.5 Å². The van der Waals surface area contributed by atoms with Gasteiger partial charge < -0.3 is 0 Å². The van der Waals surface area contributed by atoms with Crippen molar-refractivity contribution in [2.45, 2.75) is 26.2 Å². The minimum absolute atomic E-state index is 0.0309. The Morgan fingerprint density at radius 3 is 2.94 bits per heavy atom. The molecule has 2 N–H and O–H groups in total. The van der Waals surface area contributed by atoms with Crippen molar-refractivity contribution in [1.82, 2.24) is 10.2 Å². The van der Waals surface area contributed by atoms with E-state index in [4.69, 9.17) is 0 Å². The SMILES string of the molecule is Cc1ccc2c(c1)CCCc1c-2[nH][nH]c1=O. The summed E-state index contributed by atoms with van der Waals surface area (Å²) >= 11 is 0. The molecule has 1 aromatic heterocycles. The van der Waals surface area contributed by atoms with Gasteiger partial charge in [0, 0.05) is 11.1 Å². The zero-order valence-electron chi connectivity index (χ0n) is 9.26. The van der Waals surface area contributed by atoms with Gasteiger partial charge in [0.15, 0.2) is 0 Å². The van der Waals surface area contributed by atoms with Crippen LogP contribution < -0.4 is 5.56 Å². The first-order chi connectivity index (χ1) is 7.75. The maximum absolute atomic E-state index is 11.6. The summed E-state index contributed by atoms with van der Waals surface area (Å²) in [7, 11) is 0. The Kier molecular flexibility index (Phi) is 1.99. The molecule has 0 bridgehead atoms. The Balaban J connectivity index is 2.29. The van der Waals surface area contributed by atoms with Crippen LogP contribution in [0, 0.1) is 6.92 Å². The quantitative estimate of drug-likeness (QED) is 0.693. The van der Waals surface area contributed by atoms with Crippen LogP contribution in [0.15, 0.2) is 23.0 Å². The highest BCUT2D eigenvalue weighted by atomic mass is 16.1. The number of fused-ring (bicyclic) bond motifs is 3. The van der Waals surface area contributed by atoms with E-state index in [-0.39, 0.29) is 5.56 Å². The van der Waals surface area contributed by atoms with Crippen molar-refractivity contribution in [2.75, 3.05) is 0 Å². The third kappa shape index (κ3) is 1.32. The summed E-state index contributed by atoms with van der Waals surface area (Å²) in [6, 6.07) is 6.42. The van der Waals surface area contributed by atoms with Gasteiger partial charge in [0.25, 0.3) is 5.56 Å². The van der Waals surface area contributed by atoms with Crippen molar-refractivity contribution in [3.8, 4) is 11.3 Å². The molecule has 0 spiro atoms. The molecule has 0 saturated carbocycles. The Labute approximate surface area is 93.5 Å². The van der Waals surface area contributed by atoms with E-state index in [1.165, 1.54) is 16.7 Å². The van der Waals surface area contributed by atoms with Crippen molar-refractivity contribution >= 4 is 0 Å². The first kappa shape index (κ1) is 9.46. The Hall–Kier alpha value is -1.77. The highest BCUT2D eigenvalue weighted by molar-refractivity contribution is 5.68. The lowest BCUT2D eigenvalue weighted by molar-refractivity contribution is 0.828. The minimum Gasteiger partial charge on any atom is -0.297 e. The highest BCUT2D eigenvalue weighted by Crippen LogP contribution is 2.29. The van der Waals surface area contributed by atoms with E-state index in [2.05, 4.69) is 35.3 Å². The van der Waals surface area contributed by atoms with Gasteiger partial charge in [0.2, 0.25) is 0 Å². The molecule has 0 amide bonds. The molecule has 2 aromatic rings. The van der Waals surface area contributed by atoms with Crippen molar-refractivity contribution in [3.05, 3.63) is 45.2 Å². The standard InChI is InChI=1S/C13H14N2O/c1-8-5-6-10-9(7-8)3-2-4-11-12(10)14-15-13(11)16/h5-7H,2-4H2,1H3,(H2,14,15,16). The normalized spacial score (nSPS) is 14.1. The lowest BCUT2D eigenvalue weighted by atomic mass is 10.0. The number of hydrogen-bond donors (Lipinski definition) is 2. The van der Waals surface area contributed by atoms with Gasteiger partial charge in [-0.25, -0.2) is 0 Å². The molecule has 0 fully saturated rings. The van der Waals surface area contributed by atoms with Gasteiger partial charge in [0.1, 0.15) is 0 Å². The van der Waals surface area contributed by atoms with E-state index in [9.17, 15) is 4.79 Å². The van der Waals surface area contributed by atoms with Gasteiger partial charge in [-0.15, -0.1) is 0 Å². The van der Waals surface area contributed by atoms with Crippen LogP contribution in [0.25, 0.3) is 11.3 Å². The third-order valence-electron chi connectivity index (χ3n) is 3.28. The summed E-state index contributed by atoms with van der Waals surface area (Å²) in [6.45, 7) is 2.10. The molecule has 82 valence electrons. The first-order valence-electron chi connectivity index (χ1n) is 5.65. The zero-order valence-corrected chi connectivity index (χ0v) is 9.26. The largest absolute Gasteiger partial charge is 0.297 e. The molecule has 1 aromatic carbocycles. The van der Waals surface area contributed by atoms with Crippen LogP contribution in [0.2, 0.25) is 0 Å². The second-order valence-corrected chi connectivity index (χ2v) is 4.45. The van der Waals surface area contributed by atoms with Crippen LogP contribution in [-0.4, -0.2) is 10.2 Å². The fourth-order valence-electron chi connectivity index (χ4n) is 2.48. The van der Waals surface area contributed by atoms with Crippen LogP contribution in [-0.2, 0) is 12.8 Å². The maximum atomic E-state index is 11.6. The molecular weight excluding hydrogens is 200 g/mol. The van der Waals surface area contributed by atoms with E-state index in [1.807, 2.05) is 0 Å². The predicted molar refractivity (Wildman–Crippen MR) is 63.6 cm³/mol. The van der Waals surface area contributed by atoms with Crippen molar-refractivity contribution < 1.29 is 0 Å². The molecule has 0 atom stereocenters. The number of aryl methyl sites for hydroxylation is 2. The number of hydrogen-bond acceptors (Lipinski definition) is 1. The summed E-state index contributed by atoms with van der Waals surface area (Å²) in [5, 5.41) is 5.69. The minimum atomic E-state index is 0.0309. The molecule has 1 aliphatic rings. The molecule has 0 saturated heterocycles. The van der Waals surface area contributed by atoms with E-state index >= 15 is 0 Å². The van der Waals surface area contributed by atoms with Gasteiger partial charge in [-0.05, 0) is 31.7 Å². The number of H-pyrrole nitrogens is 2. The summed E-state index contributed by atoms with van der Waals surface area (Å²) in [4.78, 5) is 11.6. The molecule has 16 heavy (non-hydrogen) atoms. The van der Waals surface area contributed by atoms with Crippen molar-refractivity contribution in [3.63, 3.8) is 0 Å². The van der Waals surface area contributed by atoms with Crippen LogP contribution in [0.1, 0.15) is 23.1 Å². The molecular formula is C13H14N2O. The highest BCUT2D eigenvalue weighted by Gasteiger charge is 2.18. The molecule has 0 aliphatic heterocycles. The van der Waals surface area contributed by atoms with Gasteiger partial charge in [-0.1, -0.05) is 23.8 Å². The Morgan fingerprint density at radius 2 is 2.06 bits per heavy atom. The van der Waals surface area contributed by atoms with Gasteiger partial charge in [-0.2, -0.15) is 0 Å². The molecule has 0 radical (unpaired) electrons. The van der Waals surface area contributed by atoms with E-state index < -0.39 is 0 Å². The van der Waals surface area contributed by atoms with Gasteiger partial charge in [-0.3, -0.25) is 15.0 Å². The summed E-state index contributed by atoms with van der Waals surface area (Å²) in [6.07, 6.45) is 2.96. The van der Waals surface area contributed by atoms with E-state index in [1.54, 1.807) is 0 Å². The number of nitrogens with one attached hydrogen (secondary N) is 2. The number of aromatic amines is 2. The number of rotatable bonds is 0. The van der Waals surface area contributed by atoms with Crippen molar-refractivity contribution in [1.29, 1.82) is 0 Å². The number of aromatic nitrogens is 2. The van der Waals surface area contributed by atoms with Crippen LogP contribution in [0.4, 0.5) is 0 Å². The monoisotopic (exact) mass is 214 g/mol. The molecule has 3 rings (SSSR count). The Bertz CT molecular complexity index is 592. The summed E-state index contributed by atoms with van der Waals surface area (Å²) < 4.78 is 0. The smallest absolute Gasteiger partial charge is 0.267 e. The molecule has 3 nitrogen and oxygen atoms in total. The van der Waals surface area contributed by atoms with Crippen LogP contribution in [0.5, 0.6) is 0 Å². The average molecular weight is 214 g/mol. The van der Waals surface area contributed by atoms with Gasteiger partial charge in [0.05, 0.1) is 5.69 Å². The molecule has 1 heterocycles. The maximum Gasteiger partial charge on any atom is 0.267 e. The third-order valence-corrected chi connectivity index (χ3v) is 3.28. The fraction of sp³-hybridized carbons (Fsp3) is 0.308.